The number of ketones is 1. The lowest BCUT2D eigenvalue weighted by Crippen LogP contribution is -2.22. The normalized spacial score (nSPS) is 9.95. The van der Waals surface area contributed by atoms with Gasteiger partial charge in [-0.2, -0.15) is 0 Å². The van der Waals surface area contributed by atoms with Crippen LogP contribution in [0.25, 0.3) is 0 Å². The molecular weight excluding hydrogens is 240 g/mol. The molecule has 2 aromatic carbocycles. The fraction of sp³-hybridized carbons (Fsp3) is 0.0667. The van der Waals surface area contributed by atoms with Crippen molar-refractivity contribution in [2.75, 3.05) is 5.32 Å². The molecule has 0 spiro atoms. The highest BCUT2D eigenvalue weighted by atomic mass is 16.2. The Balaban J connectivity index is 2.06. The minimum absolute atomic E-state index is 0.374. The third kappa shape index (κ3) is 3.26. The standard InChI is InChI=1S/C15H14N2O2/c16-10-11-6-8-13(9-7-11)17-15(19)14(18)12-4-2-1-3-5-12/h1-9H,10,16H2,(H,17,19). The van der Waals surface area contributed by atoms with Gasteiger partial charge in [0.15, 0.2) is 0 Å². The monoisotopic (exact) mass is 254 g/mol. The molecule has 4 nitrogen and oxygen atoms in total. The van der Waals surface area contributed by atoms with Crippen LogP contribution in [0, 0.1) is 0 Å². The fourth-order valence-electron chi connectivity index (χ4n) is 1.63. The zero-order chi connectivity index (χ0) is 13.7. The summed E-state index contributed by atoms with van der Waals surface area (Å²) < 4.78 is 0. The number of anilines is 1. The number of Topliss-reactive ketones (excluding diaryl/α,β-unsaturated/α-hetero) is 1. The zero-order valence-electron chi connectivity index (χ0n) is 10.3. The van der Waals surface area contributed by atoms with Crippen LogP contribution in [-0.2, 0) is 11.3 Å². The molecule has 0 unspecified atom stereocenters. The average molecular weight is 254 g/mol. The van der Waals surface area contributed by atoms with E-state index in [4.69, 9.17) is 5.73 Å². The number of amides is 1. The number of carbonyl (C=O) groups is 2. The Kier molecular flexibility index (Phi) is 4.05. The van der Waals surface area contributed by atoms with Crippen LogP contribution in [0.5, 0.6) is 0 Å². The van der Waals surface area contributed by atoms with Gasteiger partial charge in [-0.15, -0.1) is 0 Å². The molecule has 0 saturated heterocycles. The predicted octanol–water partition coefficient (Wildman–Crippen LogP) is 1.97. The number of hydrogen-bond donors (Lipinski definition) is 2. The van der Waals surface area contributed by atoms with E-state index in [2.05, 4.69) is 5.32 Å². The van der Waals surface area contributed by atoms with E-state index in [1.807, 2.05) is 12.1 Å². The van der Waals surface area contributed by atoms with Crippen LogP contribution in [0.4, 0.5) is 5.69 Å². The predicted molar refractivity (Wildman–Crippen MR) is 73.7 cm³/mol. The molecule has 2 rings (SSSR count). The summed E-state index contributed by atoms with van der Waals surface area (Å²) in [5, 5.41) is 2.56. The molecule has 0 aromatic heterocycles. The Bertz CT molecular complexity index is 577. The largest absolute Gasteiger partial charge is 0.326 e. The van der Waals surface area contributed by atoms with Gasteiger partial charge in [0.2, 0.25) is 0 Å². The van der Waals surface area contributed by atoms with Crippen LogP contribution in [0.3, 0.4) is 0 Å². The molecule has 2 aromatic rings. The molecule has 0 saturated carbocycles. The van der Waals surface area contributed by atoms with Crippen LogP contribution in [0.15, 0.2) is 54.6 Å². The Hall–Kier alpha value is -2.46. The van der Waals surface area contributed by atoms with E-state index in [9.17, 15) is 9.59 Å². The van der Waals surface area contributed by atoms with Crippen LogP contribution in [0.2, 0.25) is 0 Å². The second-order valence-corrected chi connectivity index (χ2v) is 4.05. The SMILES string of the molecule is NCc1ccc(NC(=O)C(=O)c2ccccc2)cc1. The Labute approximate surface area is 111 Å². The van der Waals surface area contributed by atoms with Crippen molar-refractivity contribution >= 4 is 17.4 Å². The molecule has 0 radical (unpaired) electrons. The van der Waals surface area contributed by atoms with Crippen LogP contribution in [0.1, 0.15) is 15.9 Å². The maximum Gasteiger partial charge on any atom is 0.296 e. The van der Waals surface area contributed by atoms with Crippen molar-refractivity contribution in [1.82, 2.24) is 0 Å². The number of rotatable bonds is 4. The summed E-state index contributed by atoms with van der Waals surface area (Å²) in [5.41, 5.74) is 7.40. The van der Waals surface area contributed by atoms with Crippen LogP contribution in [-0.4, -0.2) is 11.7 Å². The van der Waals surface area contributed by atoms with Gasteiger partial charge in [-0.05, 0) is 17.7 Å². The minimum atomic E-state index is -0.647. The molecule has 0 heterocycles. The molecule has 0 bridgehead atoms. The first-order chi connectivity index (χ1) is 9.20. The smallest absolute Gasteiger partial charge is 0.296 e. The van der Waals surface area contributed by atoms with Gasteiger partial charge in [0.05, 0.1) is 0 Å². The van der Waals surface area contributed by atoms with Gasteiger partial charge in [-0.1, -0.05) is 42.5 Å². The lowest BCUT2D eigenvalue weighted by Gasteiger charge is -2.05. The minimum Gasteiger partial charge on any atom is -0.326 e. The molecule has 3 N–H and O–H groups in total. The molecule has 4 heteroatoms. The van der Waals surface area contributed by atoms with Crippen molar-refractivity contribution in [3.05, 3.63) is 65.7 Å². The first kappa shape index (κ1) is 13.0. The average Bonchev–Trinajstić information content (AvgIpc) is 2.48. The lowest BCUT2D eigenvalue weighted by molar-refractivity contribution is -0.112. The summed E-state index contributed by atoms with van der Waals surface area (Å²) in [7, 11) is 0. The van der Waals surface area contributed by atoms with E-state index >= 15 is 0 Å². The van der Waals surface area contributed by atoms with Gasteiger partial charge < -0.3 is 11.1 Å². The van der Waals surface area contributed by atoms with E-state index in [1.54, 1.807) is 42.5 Å². The highest BCUT2D eigenvalue weighted by molar-refractivity contribution is 6.46. The summed E-state index contributed by atoms with van der Waals surface area (Å²) in [6.07, 6.45) is 0. The Morgan fingerprint density at radius 1 is 0.947 bits per heavy atom. The quantitative estimate of drug-likeness (QED) is 0.647. The maximum atomic E-state index is 11.8. The topological polar surface area (TPSA) is 72.2 Å². The van der Waals surface area contributed by atoms with Gasteiger partial charge in [-0.25, -0.2) is 0 Å². The summed E-state index contributed by atoms with van der Waals surface area (Å²) in [4.78, 5) is 23.6. The second kappa shape index (κ2) is 5.93. The van der Waals surface area contributed by atoms with Crippen molar-refractivity contribution in [1.29, 1.82) is 0 Å². The summed E-state index contributed by atoms with van der Waals surface area (Å²) in [6, 6.07) is 15.5. The van der Waals surface area contributed by atoms with Crippen LogP contribution < -0.4 is 11.1 Å². The molecule has 1 amide bonds. The first-order valence-electron chi connectivity index (χ1n) is 5.90. The van der Waals surface area contributed by atoms with Crippen molar-refractivity contribution in [2.24, 2.45) is 5.73 Å². The van der Waals surface area contributed by atoms with Crippen molar-refractivity contribution < 1.29 is 9.59 Å². The number of benzene rings is 2. The number of nitrogens with two attached hydrogens (primary N) is 1. The van der Waals surface area contributed by atoms with Gasteiger partial charge in [0.1, 0.15) is 0 Å². The second-order valence-electron chi connectivity index (χ2n) is 4.05. The van der Waals surface area contributed by atoms with Gasteiger partial charge in [0, 0.05) is 17.8 Å². The van der Waals surface area contributed by atoms with Crippen molar-refractivity contribution in [3.63, 3.8) is 0 Å². The zero-order valence-corrected chi connectivity index (χ0v) is 10.3. The van der Waals surface area contributed by atoms with Crippen LogP contribution >= 0.6 is 0 Å². The van der Waals surface area contributed by atoms with E-state index in [0.29, 0.717) is 17.8 Å². The van der Waals surface area contributed by atoms with E-state index in [-0.39, 0.29) is 0 Å². The van der Waals surface area contributed by atoms with Crippen molar-refractivity contribution in [2.45, 2.75) is 6.54 Å². The van der Waals surface area contributed by atoms with E-state index in [0.717, 1.165) is 5.56 Å². The highest BCUT2D eigenvalue weighted by Gasteiger charge is 2.15. The Morgan fingerprint density at radius 2 is 1.58 bits per heavy atom. The third-order valence-corrected chi connectivity index (χ3v) is 2.69. The van der Waals surface area contributed by atoms with E-state index in [1.165, 1.54) is 0 Å². The molecule has 0 fully saturated rings. The molecule has 0 aliphatic rings. The van der Waals surface area contributed by atoms with Gasteiger partial charge >= 0.3 is 0 Å². The summed E-state index contributed by atoms with van der Waals surface area (Å²) >= 11 is 0. The molecule has 0 atom stereocenters. The number of carbonyl (C=O) groups excluding carboxylic acids is 2. The van der Waals surface area contributed by atoms with Crippen molar-refractivity contribution in [3.8, 4) is 0 Å². The van der Waals surface area contributed by atoms with E-state index < -0.39 is 11.7 Å². The molecule has 19 heavy (non-hydrogen) atoms. The summed E-state index contributed by atoms with van der Waals surface area (Å²) in [6.45, 7) is 0.442. The van der Waals surface area contributed by atoms with Gasteiger partial charge in [-0.3, -0.25) is 9.59 Å². The van der Waals surface area contributed by atoms with Gasteiger partial charge in [0.25, 0.3) is 11.7 Å². The fourth-order valence-corrected chi connectivity index (χ4v) is 1.63. The Morgan fingerprint density at radius 3 is 2.16 bits per heavy atom. The highest BCUT2D eigenvalue weighted by Crippen LogP contribution is 2.10. The lowest BCUT2D eigenvalue weighted by atomic mass is 10.1. The number of nitrogens with one attached hydrogen (secondary N) is 1. The molecule has 0 aliphatic heterocycles. The maximum absolute atomic E-state index is 11.8. The summed E-state index contributed by atoms with van der Waals surface area (Å²) in [5.74, 6) is -1.20. The molecular formula is C15H14N2O2. The third-order valence-electron chi connectivity index (χ3n) is 2.69. The molecule has 0 aliphatic carbocycles. The first-order valence-corrected chi connectivity index (χ1v) is 5.90. The molecule has 96 valence electrons. The number of hydrogen-bond acceptors (Lipinski definition) is 3.